The van der Waals surface area contributed by atoms with Crippen molar-refractivity contribution in [1.82, 2.24) is 10.6 Å². The van der Waals surface area contributed by atoms with Crippen LogP contribution in [0.25, 0.3) is 0 Å². The van der Waals surface area contributed by atoms with Crippen LogP contribution in [0.15, 0.2) is 29.3 Å². The number of nitrogens with one attached hydrogen (secondary N) is 2. The van der Waals surface area contributed by atoms with Gasteiger partial charge in [-0.05, 0) is 48.8 Å². The zero-order valence-electron chi connectivity index (χ0n) is 16.1. The van der Waals surface area contributed by atoms with Crippen LogP contribution in [0.5, 0.6) is 0 Å². The minimum Gasteiger partial charge on any atom is -0.465 e. The fourth-order valence-corrected chi connectivity index (χ4v) is 3.25. The molecule has 1 fully saturated rings. The van der Waals surface area contributed by atoms with E-state index in [0.29, 0.717) is 11.0 Å². The van der Waals surface area contributed by atoms with Gasteiger partial charge in [-0.2, -0.15) is 0 Å². The maximum atomic E-state index is 11.4. The van der Waals surface area contributed by atoms with E-state index >= 15 is 0 Å². The topological polar surface area (TPSA) is 72.0 Å². The number of ether oxygens (including phenoxy) is 2. The molecule has 0 amide bonds. The second kappa shape index (κ2) is 10.2. The minimum atomic E-state index is -0.308. The Morgan fingerprint density at radius 2 is 1.92 bits per heavy atom. The summed E-state index contributed by atoms with van der Waals surface area (Å²) < 4.78 is 9.96. The summed E-state index contributed by atoms with van der Waals surface area (Å²) in [5.41, 5.74) is 2.09. The number of nitrogens with zero attached hydrogens (tertiary/aromatic N) is 1. The summed E-state index contributed by atoms with van der Waals surface area (Å²) in [5, 5.41) is 6.82. The molecule has 2 N–H and O–H groups in total. The van der Waals surface area contributed by atoms with Gasteiger partial charge in [0, 0.05) is 33.9 Å². The number of hydrogen-bond acceptors (Lipinski definition) is 4. The smallest absolute Gasteiger partial charge is 0.337 e. The summed E-state index contributed by atoms with van der Waals surface area (Å²) in [6.45, 7) is 2.53. The highest BCUT2D eigenvalue weighted by molar-refractivity contribution is 5.89. The molecule has 26 heavy (non-hydrogen) atoms. The Kier molecular flexibility index (Phi) is 7.91. The summed E-state index contributed by atoms with van der Waals surface area (Å²) >= 11 is 0. The molecule has 1 aromatic rings. The number of hydrogen-bond donors (Lipinski definition) is 2. The first-order valence-corrected chi connectivity index (χ1v) is 9.23. The largest absolute Gasteiger partial charge is 0.465 e. The number of carbonyl (C=O) groups excluding carboxylic acids is 1. The van der Waals surface area contributed by atoms with Gasteiger partial charge in [0.1, 0.15) is 0 Å². The lowest BCUT2D eigenvalue weighted by atomic mass is 9.67. The second-order valence-electron chi connectivity index (χ2n) is 6.89. The molecule has 144 valence electrons. The molecule has 2 rings (SSSR count). The van der Waals surface area contributed by atoms with Gasteiger partial charge in [0.2, 0.25) is 0 Å². The van der Waals surface area contributed by atoms with Crippen molar-refractivity contribution in [1.29, 1.82) is 0 Å². The van der Waals surface area contributed by atoms with Crippen molar-refractivity contribution in [2.45, 2.75) is 32.1 Å². The Labute approximate surface area is 156 Å². The van der Waals surface area contributed by atoms with E-state index in [1.165, 1.54) is 26.4 Å². The molecular formula is C20H31N3O3. The molecule has 0 unspecified atom stereocenters. The predicted molar refractivity (Wildman–Crippen MR) is 104 cm³/mol. The lowest BCUT2D eigenvalue weighted by Crippen LogP contribution is -2.47. The zero-order valence-corrected chi connectivity index (χ0v) is 16.1. The van der Waals surface area contributed by atoms with Crippen LogP contribution in [-0.2, 0) is 15.9 Å². The van der Waals surface area contributed by atoms with E-state index in [4.69, 9.17) is 9.47 Å². The first kappa shape index (κ1) is 20.2. The molecule has 0 aromatic heterocycles. The first-order valence-electron chi connectivity index (χ1n) is 9.23. The van der Waals surface area contributed by atoms with Crippen molar-refractivity contribution in [2.24, 2.45) is 10.4 Å². The number of benzene rings is 1. The Morgan fingerprint density at radius 1 is 1.19 bits per heavy atom. The molecule has 0 saturated heterocycles. The van der Waals surface area contributed by atoms with Gasteiger partial charge in [0.05, 0.1) is 12.7 Å². The molecule has 0 atom stereocenters. The van der Waals surface area contributed by atoms with Crippen molar-refractivity contribution in [3.8, 4) is 0 Å². The average molecular weight is 361 g/mol. The van der Waals surface area contributed by atoms with Crippen LogP contribution < -0.4 is 10.6 Å². The third kappa shape index (κ3) is 5.73. The van der Waals surface area contributed by atoms with E-state index in [1.807, 2.05) is 12.1 Å². The number of carbonyl (C=O) groups is 1. The first-order chi connectivity index (χ1) is 12.6. The lowest BCUT2D eigenvalue weighted by molar-refractivity contribution is 0.0600. The van der Waals surface area contributed by atoms with Gasteiger partial charge in [0.15, 0.2) is 5.96 Å². The van der Waals surface area contributed by atoms with Crippen LogP contribution in [-0.4, -0.2) is 52.9 Å². The van der Waals surface area contributed by atoms with Gasteiger partial charge < -0.3 is 20.1 Å². The van der Waals surface area contributed by atoms with E-state index in [-0.39, 0.29) is 5.97 Å². The number of methoxy groups -OCH3 is 2. The summed E-state index contributed by atoms with van der Waals surface area (Å²) in [5.74, 6) is 0.526. The van der Waals surface area contributed by atoms with Gasteiger partial charge in [-0.1, -0.05) is 18.6 Å². The van der Waals surface area contributed by atoms with E-state index in [1.54, 1.807) is 26.3 Å². The fraction of sp³-hybridized carbons (Fsp3) is 0.600. The summed E-state index contributed by atoms with van der Waals surface area (Å²) in [7, 11) is 4.95. The monoisotopic (exact) mass is 361 g/mol. The molecule has 6 heteroatoms. The number of aliphatic imine (C=N–C) groups is 1. The van der Waals surface area contributed by atoms with E-state index in [0.717, 1.165) is 44.1 Å². The van der Waals surface area contributed by atoms with Crippen molar-refractivity contribution >= 4 is 11.9 Å². The SMILES string of the molecule is CN=C(NCCc1ccc(C(=O)OC)cc1)NCC1(CCOC)CCC1. The van der Waals surface area contributed by atoms with Crippen LogP contribution >= 0.6 is 0 Å². The highest BCUT2D eigenvalue weighted by atomic mass is 16.5. The van der Waals surface area contributed by atoms with Crippen LogP contribution in [0, 0.1) is 5.41 Å². The summed E-state index contributed by atoms with van der Waals surface area (Å²) in [6, 6.07) is 7.51. The molecule has 1 aromatic carbocycles. The lowest BCUT2D eigenvalue weighted by Gasteiger charge is -2.42. The van der Waals surface area contributed by atoms with Crippen molar-refractivity contribution in [2.75, 3.05) is 41.0 Å². The van der Waals surface area contributed by atoms with Crippen molar-refractivity contribution in [3.05, 3.63) is 35.4 Å². The third-order valence-corrected chi connectivity index (χ3v) is 5.19. The Hall–Kier alpha value is -2.08. The maximum Gasteiger partial charge on any atom is 0.337 e. The molecular weight excluding hydrogens is 330 g/mol. The van der Waals surface area contributed by atoms with Crippen molar-refractivity contribution < 1.29 is 14.3 Å². The molecule has 0 aliphatic heterocycles. The molecule has 1 saturated carbocycles. The summed E-state index contributed by atoms with van der Waals surface area (Å²) in [4.78, 5) is 15.8. The van der Waals surface area contributed by atoms with E-state index in [2.05, 4.69) is 15.6 Å². The van der Waals surface area contributed by atoms with Gasteiger partial charge in [0.25, 0.3) is 0 Å². The van der Waals surface area contributed by atoms with Crippen LogP contribution in [0.2, 0.25) is 0 Å². The van der Waals surface area contributed by atoms with Crippen molar-refractivity contribution in [3.63, 3.8) is 0 Å². The normalized spacial score (nSPS) is 15.9. The van der Waals surface area contributed by atoms with Gasteiger partial charge >= 0.3 is 5.97 Å². The quantitative estimate of drug-likeness (QED) is 0.401. The second-order valence-corrected chi connectivity index (χ2v) is 6.89. The third-order valence-electron chi connectivity index (χ3n) is 5.19. The molecule has 1 aliphatic rings. The van der Waals surface area contributed by atoms with E-state index < -0.39 is 0 Å². The highest BCUT2D eigenvalue weighted by Crippen LogP contribution is 2.43. The van der Waals surface area contributed by atoms with Gasteiger partial charge in [-0.25, -0.2) is 4.79 Å². The Balaban J connectivity index is 1.74. The van der Waals surface area contributed by atoms with Crippen LogP contribution in [0.4, 0.5) is 0 Å². The summed E-state index contributed by atoms with van der Waals surface area (Å²) in [6.07, 6.45) is 5.77. The number of esters is 1. The van der Waals surface area contributed by atoms with Crippen LogP contribution in [0.1, 0.15) is 41.6 Å². The Morgan fingerprint density at radius 3 is 2.46 bits per heavy atom. The molecule has 0 bridgehead atoms. The van der Waals surface area contributed by atoms with Crippen LogP contribution in [0.3, 0.4) is 0 Å². The predicted octanol–water partition coefficient (Wildman–Crippen LogP) is 2.39. The van der Waals surface area contributed by atoms with Gasteiger partial charge in [-0.15, -0.1) is 0 Å². The fourth-order valence-electron chi connectivity index (χ4n) is 3.25. The minimum absolute atomic E-state index is 0.308. The molecule has 1 aliphatic carbocycles. The molecule has 0 radical (unpaired) electrons. The molecule has 6 nitrogen and oxygen atoms in total. The average Bonchev–Trinajstić information content (AvgIpc) is 2.65. The maximum absolute atomic E-state index is 11.4. The highest BCUT2D eigenvalue weighted by Gasteiger charge is 2.36. The zero-order chi connectivity index (χ0) is 18.8. The number of rotatable bonds is 9. The molecule has 0 spiro atoms. The Bertz CT molecular complexity index is 595. The molecule has 0 heterocycles. The van der Waals surface area contributed by atoms with E-state index in [9.17, 15) is 4.79 Å². The number of guanidine groups is 1. The van der Waals surface area contributed by atoms with Gasteiger partial charge in [-0.3, -0.25) is 4.99 Å². The standard InChI is InChI=1S/C20H31N3O3/c1-21-19(23-15-20(10-4-11-20)12-14-25-2)22-13-9-16-5-7-17(8-6-16)18(24)26-3/h5-8H,4,9-15H2,1-3H3,(H2,21,22,23).